The Kier molecular flexibility index (Phi) is 5.31. The number of hydrogen-bond donors (Lipinski definition) is 1. The Balaban J connectivity index is 1.55. The van der Waals surface area contributed by atoms with Crippen LogP contribution in [0, 0.1) is 5.92 Å². The molecule has 3 nitrogen and oxygen atoms in total. The van der Waals surface area contributed by atoms with Crippen molar-refractivity contribution >= 4 is 0 Å². The van der Waals surface area contributed by atoms with E-state index in [1.165, 1.54) is 5.56 Å². The van der Waals surface area contributed by atoms with Crippen LogP contribution in [0.3, 0.4) is 0 Å². The van der Waals surface area contributed by atoms with Crippen molar-refractivity contribution in [2.24, 2.45) is 5.92 Å². The highest BCUT2D eigenvalue weighted by Gasteiger charge is 2.26. The first-order chi connectivity index (χ1) is 11.3. The van der Waals surface area contributed by atoms with Crippen molar-refractivity contribution in [1.29, 1.82) is 0 Å². The van der Waals surface area contributed by atoms with Gasteiger partial charge in [-0.1, -0.05) is 42.5 Å². The Morgan fingerprint density at radius 3 is 2.52 bits per heavy atom. The second-order valence-electron chi connectivity index (χ2n) is 6.32. The summed E-state index contributed by atoms with van der Waals surface area (Å²) in [4.78, 5) is 2.48. The summed E-state index contributed by atoms with van der Waals surface area (Å²) in [7, 11) is 1.66. The summed E-state index contributed by atoms with van der Waals surface area (Å²) in [6.45, 7) is 3.09. The number of nitrogens with zero attached hydrogens (tertiary/aromatic N) is 1. The van der Waals surface area contributed by atoms with E-state index in [4.69, 9.17) is 4.74 Å². The first kappa shape index (κ1) is 16.0. The number of piperidine rings is 1. The predicted octanol–water partition coefficient (Wildman–Crippen LogP) is 3.64. The Bertz CT molecular complexity index is 606. The molecule has 1 aliphatic rings. The summed E-state index contributed by atoms with van der Waals surface area (Å²) < 4.78 is 5.26. The molecule has 1 N–H and O–H groups in total. The predicted molar refractivity (Wildman–Crippen MR) is 92.4 cm³/mol. The number of benzene rings is 2. The molecular formula is C20H25NO2. The Hall–Kier alpha value is -1.84. The number of aliphatic hydroxyl groups is 1. The summed E-state index contributed by atoms with van der Waals surface area (Å²) in [5.74, 6) is 1.14. The zero-order chi connectivity index (χ0) is 16.1. The normalized spacial score (nSPS) is 17.8. The SMILES string of the molecule is COc1cccc([C@@H](O)C2CCN(Cc3ccccc3)CC2)c1. The average Bonchev–Trinajstić information content (AvgIpc) is 2.63. The monoisotopic (exact) mass is 311 g/mol. The van der Waals surface area contributed by atoms with Gasteiger partial charge in [-0.2, -0.15) is 0 Å². The second-order valence-corrected chi connectivity index (χ2v) is 6.32. The van der Waals surface area contributed by atoms with E-state index in [1.54, 1.807) is 7.11 Å². The van der Waals surface area contributed by atoms with Crippen LogP contribution in [0.15, 0.2) is 54.6 Å². The molecule has 122 valence electrons. The van der Waals surface area contributed by atoms with Gasteiger partial charge in [0, 0.05) is 6.54 Å². The number of likely N-dealkylation sites (tertiary alicyclic amines) is 1. The van der Waals surface area contributed by atoms with Gasteiger partial charge in [-0.3, -0.25) is 4.90 Å². The smallest absolute Gasteiger partial charge is 0.119 e. The van der Waals surface area contributed by atoms with Gasteiger partial charge in [0.15, 0.2) is 0 Å². The molecule has 2 aromatic rings. The van der Waals surface area contributed by atoms with E-state index in [0.29, 0.717) is 5.92 Å². The zero-order valence-corrected chi connectivity index (χ0v) is 13.7. The van der Waals surface area contributed by atoms with Gasteiger partial charge in [0.05, 0.1) is 13.2 Å². The maximum atomic E-state index is 10.7. The van der Waals surface area contributed by atoms with Gasteiger partial charge in [-0.25, -0.2) is 0 Å². The van der Waals surface area contributed by atoms with Crippen LogP contribution >= 0.6 is 0 Å². The number of aliphatic hydroxyl groups excluding tert-OH is 1. The fraction of sp³-hybridized carbons (Fsp3) is 0.400. The van der Waals surface area contributed by atoms with E-state index >= 15 is 0 Å². The van der Waals surface area contributed by atoms with E-state index in [0.717, 1.165) is 43.8 Å². The summed E-state index contributed by atoms with van der Waals surface area (Å²) in [6, 6.07) is 18.4. The van der Waals surface area contributed by atoms with Gasteiger partial charge in [-0.15, -0.1) is 0 Å². The molecule has 0 radical (unpaired) electrons. The highest BCUT2D eigenvalue weighted by molar-refractivity contribution is 5.30. The third kappa shape index (κ3) is 4.12. The van der Waals surface area contributed by atoms with E-state index < -0.39 is 6.10 Å². The molecular weight excluding hydrogens is 286 g/mol. The maximum Gasteiger partial charge on any atom is 0.119 e. The van der Waals surface area contributed by atoms with Crippen LogP contribution < -0.4 is 4.74 Å². The largest absolute Gasteiger partial charge is 0.497 e. The van der Waals surface area contributed by atoms with E-state index in [9.17, 15) is 5.11 Å². The minimum Gasteiger partial charge on any atom is -0.497 e. The van der Waals surface area contributed by atoms with Crippen molar-refractivity contribution in [3.63, 3.8) is 0 Å². The van der Waals surface area contributed by atoms with Crippen LogP contribution in [0.25, 0.3) is 0 Å². The van der Waals surface area contributed by atoms with Gasteiger partial charge < -0.3 is 9.84 Å². The molecule has 0 unspecified atom stereocenters. The molecule has 0 bridgehead atoms. The highest BCUT2D eigenvalue weighted by Crippen LogP contribution is 2.32. The minimum absolute atomic E-state index is 0.328. The Labute approximate surface area is 138 Å². The Morgan fingerprint density at radius 2 is 1.83 bits per heavy atom. The van der Waals surface area contributed by atoms with Crippen LogP contribution in [0.2, 0.25) is 0 Å². The lowest BCUT2D eigenvalue weighted by atomic mass is 9.87. The van der Waals surface area contributed by atoms with Gasteiger partial charge in [0.25, 0.3) is 0 Å². The molecule has 1 heterocycles. The molecule has 0 aromatic heterocycles. The number of ether oxygens (including phenoxy) is 1. The van der Waals surface area contributed by atoms with E-state index in [2.05, 4.69) is 35.2 Å². The molecule has 0 saturated carbocycles. The average molecular weight is 311 g/mol. The fourth-order valence-electron chi connectivity index (χ4n) is 3.37. The fourth-order valence-corrected chi connectivity index (χ4v) is 3.37. The molecule has 0 amide bonds. The van der Waals surface area contributed by atoms with Crippen molar-refractivity contribution in [2.45, 2.75) is 25.5 Å². The molecule has 1 saturated heterocycles. The van der Waals surface area contributed by atoms with Crippen molar-refractivity contribution in [3.8, 4) is 5.75 Å². The van der Waals surface area contributed by atoms with Crippen molar-refractivity contribution < 1.29 is 9.84 Å². The van der Waals surface area contributed by atoms with Crippen molar-refractivity contribution in [3.05, 3.63) is 65.7 Å². The molecule has 2 aromatic carbocycles. The summed E-state index contributed by atoms with van der Waals surface area (Å²) in [5, 5.41) is 10.7. The highest BCUT2D eigenvalue weighted by atomic mass is 16.5. The first-order valence-corrected chi connectivity index (χ1v) is 8.34. The molecule has 1 atom stereocenters. The lowest BCUT2D eigenvalue weighted by molar-refractivity contribution is 0.0566. The van der Waals surface area contributed by atoms with Crippen molar-refractivity contribution in [1.82, 2.24) is 4.90 Å². The lowest BCUT2D eigenvalue weighted by Crippen LogP contribution is -2.35. The molecule has 3 heteroatoms. The first-order valence-electron chi connectivity index (χ1n) is 8.34. The maximum absolute atomic E-state index is 10.7. The van der Waals surface area contributed by atoms with Gasteiger partial charge in [0.1, 0.15) is 5.75 Å². The third-order valence-electron chi connectivity index (χ3n) is 4.76. The minimum atomic E-state index is -0.399. The molecule has 0 aliphatic carbocycles. The van der Waals surface area contributed by atoms with E-state index in [-0.39, 0.29) is 0 Å². The van der Waals surface area contributed by atoms with E-state index in [1.807, 2.05) is 24.3 Å². The zero-order valence-electron chi connectivity index (χ0n) is 13.7. The van der Waals surface area contributed by atoms with Crippen LogP contribution in [-0.2, 0) is 6.54 Å². The third-order valence-corrected chi connectivity index (χ3v) is 4.76. The van der Waals surface area contributed by atoms with Crippen LogP contribution in [0.1, 0.15) is 30.1 Å². The van der Waals surface area contributed by atoms with Gasteiger partial charge in [-0.05, 0) is 55.1 Å². The molecule has 1 aliphatic heterocycles. The molecule has 3 rings (SSSR count). The van der Waals surface area contributed by atoms with Crippen LogP contribution in [0.5, 0.6) is 5.75 Å². The molecule has 1 fully saturated rings. The number of rotatable bonds is 5. The summed E-state index contributed by atoms with van der Waals surface area (Å²) >= 11 is 0. The standard InChI is InChI=1S/C20H25NO2/c1-23-19-9-5-8-18(14-19)20(22)17-10-12-21(13-11-17)15-16-6-3-2-4-7-16/h2-9,14,17,20,22H,10-13,15H2,1H3/t20-/m0/s1. The van der Waals surface area contributed by atoms with Crippen LogP contribution in [-0.4, -0.2) is 30.2 Å². The number of hydrogen-bond acceptors (Lipinski definition) is 3. The van der Waals surface area contributed by atoms with Gasteiger partial charge in [0.2, 0.25) is 0 Å². The van der Waals surface area contributed by atoms with Crippen LogP contribution in [0.4, 0.5) is 0 Å². The quantitative estimate of drug-likeness (QED) is 0.915. The summed E-state index contributed by atoms with van der Waals surface area (Å²) in [5.41, 5.74) is 2.32. The Morgan fingerprint density at radius 1 is 1.09 bits per heavy atom. The second kappa shape index (κ2) is 7.62. The number of methoxy groups -OCH3 is 1. The van der Waals surface area contributed by atoms with Gasteiger partial charge >= 0.3 is 0 Å². The summed E-state index contributed by atoms with van der Waals surface area (Å²) in [6.07, 6.45) is 1.67. The van der Waals surface area contributed by atoms with Crippen molar-refractivity contribution in [2.75, 3.05) is 20.2 Å². The molecule has 23 heavy (non-hydrogen) atoms. The lowest BCUT2D eigenvalue weighted by Gasteiger charge is -2.34. The topological polar surface area (TPSA) is 32.7 Å². The molecule has 0 spiro atoms.